The van der Waals surface area contributed by atoms with Crippen LogP contribution in [0.1, 0.15) is 46.5 Å². The highest BCUT2D eigenvalue weighted by molar-refractivity contribution is 5.68. The van der Waals surface area contributed by atoms with E-state index in [4.69, 9.17) is 9.47 Å². The van der Waals surface area contributed by atoms with Gasteiger partial charge in [-0.25, -0.2) is 0 Å². The lowest BCUT2D eigenvalue weighted by atomic mass is 10.3. The van der Waals surface area contributed by atoms with Gasteiger partial charge in [0, 0.05) is 13.0 Å². The van der Waals surface area contributed by atoms with Crippen molar-refractivity contribution in [2.45, 2.75) is 52.6 Å². The van der Waals surface area contributed by atoms with Gasteiger partial charge in [-0.2, -0.15) is 0 Å². The highest BCUT2D eigenvalue weighted by atomic mass is 16.6. The van der Waals surface area contributed by atoms with Crippen LogP contribution in [0.15, 0.2) is 0 Å². The van der Waals surface area contributed by atoms with Crippen LogP contribution in [0, 0.1) is 0 Å². The van der Waals surface area contributed by atoms with Gasteiger partial charge in [0.2, 0.25) is 0 Å². The highest BCUT2D eigenvalue weighted by Gasteiger charge is 2.08. The molecule has 0 rings (SSSR count). The molecule has 0 aliphatic rings. The third-order valence-corrected chi connectivity index (χ3v) is 2.03. The third-order valence-electron chi connectivity index (χ3n) is 2.03. The van der Waals surface area contributed by atoms with Crippen molar-refractivity contribution in [1.29, 1.82) is 0 Å². The Morgan fingerprint density at radius 1 is 1.29 bits per heavy atom. The zero-order valence-electron chi connectivity index (χ0n) is 9.54. The number of unbranched alkanes of at least 4 members (excludes halogenated alkanes) is 1. The van der Waals surface area contributed by atoms with Crippen molar-refractivity contribution in [3.05, 3.63) is 0 Å². The first kappa shape index (κ1) is 13.4. The number of esters is 1. The van der Waals surface area contributed by atoms with E-state index in [0.29, 0.717) is 13.0 Å². The summed E-state index contributed by atoms with van der Waals surface area (Å²) >= 11 is 0. The number of carbonyl (C=O) groups excluding carboxylic acids is 1. The fourth-order valence-corrected chi connectivity index (χ4v) is 0.966. The van der Waals surface area contributed by atoms with E-state index in [-0.39, 0.29) is 12.1 Å². The second-order valence-corrected chi connectivity index (χ2v) is 3.29. The molecule has 3 nitrogen and oxygen atoms in total. The zero-order chi connectivity index (χ0) is 10.8. The minimum absolute atomic E-state index is 0.0667. The molecule has 0 fully saturated rings. The predicted molar refractivity (Wildman–Crippen MR) is 56.2 cm³/mol. The van der Waals surface area contributed by atoms with Gasteiger partial charge in [-0.05, 0) is 12.8 Å². The van der Waals surface area contributed by atoms with Gasteiger partial charge < -0.3 is 9.47 Å². The molecule has 0 aromatic carbocycles. The van der Waals surface area contributed by atoms with Crippen LogP contribution in [-0.4, -0.2) is 25.3 Å². The molecule has 1 atom stereocenters. The van der Waals surface area contributed by atoms with Gasteiger partial charge in [0.15, 0.2) is 0 Å². The Kier molecular flexibility index (Phi) is 8.64. The molecule has 0 heterocycles. The standard InChI is InChI=1S/C11H22O3/c1-4-7-8-13-10(5-2)9-14-11(12)6-3/h10H,4-9H2,1-3H3. The molecular weight excluding hydrogens is 180 g/mol. The highest BCUT2D eigenvalue weighted by Crippen LogP contribution is 2.01. The molecule has 0 spiro atoms. The van der Waals surface area contributed by atoms with Gasteiger partial charge in [0.05, 0.1) is 6.10 Å². The van der Waals surface area contributed by atoms with Crippen molar-refractivity contribution >= 4 is 5.97 Å². The molecule has 1 unspecified atom stereocenters. The minimum Gasteiger partial charge on any atom is -0.463 e. The maximum Gasteiger partial charge on any atom is 0.305 e. The number of ether oxygens (including phenoxy) is 2. The number of carbonyl (C=O) groups is 1. The smallest absolute Gasteiger partial charge is 0.305 e. The Morgan fingerprint density at radius 2 is 2.00 bits per heavy atom. The lowest BCUT2D eigenvalue weighted by molar-refractivity contribution is -0.147. The molecule has 0 aromatic heterocycles. The van der Waals surface area contributed by atoms with Gasteiger partial charge in [0.1, 0.15) is 6.61 Å². The Morgan fingerprint density at radius 3 is 2.50 bits per heavy atom. The molecule has 0 radical (unpaired) electrons. The fourth-order valence-electron chi connectivity index (χ4n) is 0.966. The Balaban J connectivity index is 3.52. The number of rotatable bonds is 8. The molecule has 0 saturated heterocycles. The summed E-state index contributed by atoms with van der Waals surface area (Å²) in [6.45, 7) is 7.12. The van der Waals surface area contributed by atoms with Crippen molar-refractivity contribution in [3.8, 4) is 0 Å². The van der Waals surface area contributed by atoms with Crippen molar-refractivity contribution in [2.24, 2.45) is 0 Å². The summed E-state index contributed by atoms with van der Waals surface area (Å²) in [6, 6.07) is 0. The molecule has 84 valence electrons. The number of hydrogen-bond donors (Lipinski definition) is 0. The van der Waals surface area contributed by atoms with Crippen LogP contribution < -0.4 is 0 Å². The average Bonchev–Trinajstić information content (AvgIpc) is 2.22. The Bertz CT molecular complexity index is 145. The van der Waals surface area contributed by atoms with E-state index in [1.807, 2.05) is 6.92 Å². The predicted octanol–water partition coefficient (Wildman–Crippen LogP) is 2.53. The van der Waals surface area contributed by atoms with Gasteiger partial charge >= 0.3 is 5.97 Å². The first-order valence-electron chi connectivity index (χ1n) is 5.51. The van der Waals surface area contributed by atoms with Crippen molar-refractivity contribution in [1.82, 2.24) is 0 Å². The normalized spacial score (nSPS) is 12.5. The van der Waals surface area contributed by atoms with E-state index in [1.54, 1.807) is 6.92 Å². The summed E-state index contributed by atoms with van der Waals surface area (Å²) in [7, 11) is 0. The van der Waals surface area contributed by atoms with Gasteiger partial charge in [-0.3, -0.25) is 4.79 Å². The van der Waals surface area contributed by atoms with Gasteiger partial charge in [-0.15, -0.1) is 0 Å². The van der Waals surface area contributed by atoms with Crippen molar-refractivity contribution in [2.75, 3.05) is 13.2 Å². The quantitative estimate of drug-likeness (QED) is 0.448. The molecule has 0 bridgehead atoms. The Hall–Kier alpha value is -0.570. The molecule has 3 heteroatoms. The lowest BCUT2D eigenvalue weighted by Crippen LogP contribution is -2.21. The van der Waals surface area contributed by atoms with Gasteiger partial charge in [-0.1, -0.05) is 27.2 Å². The number of hydrogen-bond acceptors (Lipinski definition) is 3. The van der Waals surface area contributed by atoms with Crippen LogP contribution in [0.5, 0.6) is 0 Å². The van der Waals surface area contributed by atoms with E-state index in [9.17, 15) is 4.79 Å². The average molecular weight is 202 g/mol. The van der Waals surface area contributed by atoms with E-state index < -0.39 is 0 Å². The summed E-state index contributed by atoms with van der Waals surface area (Å²) in [6.07, 6.45) is 3.59. The van der Waals surface area contributed by atoms with Crippen LogP contribution in [0.3, 0.4) is 0 Å². The summed E-state index contributed by atoms with van der Waals surface area (Å²) < 4.78 is 10.6. The van der Waals surface area contributed by atoms with Crippen LogP contribution >= 0.6 is 0 Å². The molecule has 0 N–H and O–H groups in total. The van der Waals surface area contributed by atoms with E-state index in [2.05, 4.69) is 6.92 Å². The van der Waals surface area contributed by atoms with Crippen LogP contribution in [0.2, 0.25) is 0 Å². The minimum atomic E-state index is -0.150. The van der Waals surface area contributed by atoms with Crippen LogP contribution in [-0.2, 0) is 14.3 Å². The summed E-state index contributed by atoms with van der Waals surface area (Å²) in [5.74, 6) is -0.150. The second kappa shape index (κ2) is 9.00. The molecule has 14 heavy (non-hydrogen) atoms. The second-order valence-electron chi connectivity index (χ2n) is 3.29. The summed E-state index contributed by atoms with van der Waals surface area (Å²) in [5, 5.41) is 0. The third kappa shape index (κ3) is 6.89. The van der Waals surface area contributed by atoms with Crippen LogP contribution in [0.25, 0.3) is 0 Å². The maximum atomic E-state index is 10.9. The Labute approximate surface area is 86.8 Å². The van der Waals surface area contributed by atoms with Crippen molar-refractivity contribution < 1.29 is 14.3 Å². The maximum absolute atomic E-state index is 10.9. The first-order valence-corrected chi connectivity index (χ1v) is 5.51. The van der Waals surface area contributed by atoms with E-state index in [1.165, 1.54) is 0 Å². The molecule has 0 saturated carbocycles. The first-order chi connectivity index (χ1) is 6.74. The zero-order valence-corrected chi connectivity index (χ0v) is 9.54. The molecular formula is C11H22O3. The molecule has 0 aliphatic heterocycles. The monoisotopic (exact) mass is 202 g/mol. The molecule has 0 aliphatic carbocycles. The molecule has 0 aromatic rings. The topological polar surface area (TPSA) is 35.5 Å². The SMILES string of the molecule is CCCCOC(CC)COC(=O)CC. The lowest BCUT2D eigenvalue weighted by Gasteiger charge is -2.15. The van der Waals surface area contributed by atoms with Crippen molar-refractivity contribution in [3.63, 3.8) is 0 Å². The van der Waals surface area contributed by atoms with Crippen LogP contribution in [0.4, 0.5) is 0 Å². The van der Waals surface area contributed by atoms with E-state index >= 15 is 0 Å². The summed E-state index contributed by atoms with van der Waals surface area (Å²) in [5.41, 5.74) is 0. The van der Waals surface area contributed by atoms with Gasteiger partial charge in [0.25, 0.3) is 0 Å². The van der Waals surface area contributed by atoms with E-state index in [0.717, 1.165) is 25.9 Å². The largest absolute Gasteiger partial charge is 0.463 e. The molecule has 0 amide bonds. The fraction of sp³-hybridized carbons (Fsp3) is 0.909. The summed E-state index contributed by atoms with van der Waals surface area (Å²) in [4.78, 5) is 10.9.